The second kappa shape index (κ2) is 6.64. The summed E-state index contributed by atoms with van der Waals surface area (Å²) >= 11 is 0. The average molecular weight is 297 g/mol. The fourth-order valence-corrected chi connectivity index (χ4v) is 1.78. The lowest BCUT2D eigenvalue weighted by Crippen LogP contribution is -2.13. The van der Waals surface area contributed by atoms with Crippen LogP contribution >= 0.6 is 0 Å². The van der Waals surface area contributed by atoms with Crippen molar-refractivity contribution < 1.29 is 13.9 Å². The molecule has 1 aromatic heterocycles. The van der Waals surface area contributed by atoms with Crippen LogP contribution in [0.3, 0.4) is 0 Å². The predicted molar refractivity (Wildman–Crippen MR) is 84.0 cm³/mol. The molecule has 0 saturated heterocycles. The standard InChI is InChI=1S/C17H15NO4/c1-4-9-21-13-6-5-12-10-14(15(19)7-8-18(2)3)17(20)22-16(12)11-13/h1,5-8,10-11H,9H2,2-3H3/b8-7+. The molecule has 0 atom stereocenters. The zero-order valence-electron chi connectivity index (χ0n) is 12.3. The number of fused-ring (bicyclic) bond motifs is 1. The van der Waals surface area contributed by atoms with Gasteiger partial charge in [-0.05, 0) is 18.2 Å². The molecule has 0 unspecified atom stereocenters. The summed E-state index contributed by atoms with van der Waals surface area (Å²) in [7, 11) is 3.56. The van der Waals surface area contributed by atoms with E-state index in [0.717, 1.165) is 0 Å². The van der Waals surface area contributed by atoms with Crippen molar-refractivity contribution in [3.63, 3.8) is 0 Å². The molecule has 1 aromatic carbocycles. The molecule has 0 aliphatic carbocycles. The first-order valence-corrected chi connectivity index (χ1v) is 6.54. The highest BCUT2D eigenvalue weighted by Crippen LogP contribution is 2.20. The van der Waals surface area contributed by atoms with E-state index in [2.05, 4.69) is 5.92 Å². The zero-order chi connectivity index (χ0) is 16.1. The largest absolute Gasteiger partial charge is 0.481 e. The maximum Gasteiger partial charge on any atom is 0.347 e. The Kier molecular flexibility index (Phi) is 4.64. The van der Waals surface area contributed by atoms with Crippen LogP contribution < -0.4 is 10.4 Å². The lowest BCUT2D eigenvalue weighted by atomic mass is 10.1. The van der Waals surface area contributed by atoms with Crippen molar-refractivity contribution in [2.24, 2.45) is 0 Å². The van der Waals surface area contributed by atoms with Crippen molar-refractivity contribution in [3.8, 4) is 18.1 Å². The van der Waals surface area contributed by atoms with E-state index in [9.17, 15) is 9.59 Å². The Balaban J connectivity index is 2.40. The first kappa shape index (κ1) is 15.4. The fourth-order valence-electron chi connectivity index (χ4n) is 1.78. The lowest BCUT2D eigenvalue weighted by Gasteiger charge is -2.05. The van der Waals surface area contributed by atoms with Gasteiger partial charge in [-0.2, -0.15) is 0 Å². The molecule has 0 fully saturated rings. The first-order chi connectivity index (χ1) is 10.5. The summed E-state index contributed by atoms with van der Waals surface area (Å²) < 4.78 is 10.4. The Bertz CT molecular complexity index is 825. The third-order valence-electron chi connectivity index (χ3n) is 2.82. The van der Waals surface area contributed by atoms with Crippen LogP contribution in [0.5, 0.6) is 5.75 Å². The molecule has 112 valence electrons. The van der Waals surface area contributed by atoms with Crippen LogP contribution in [-0.4, -0.2) is 31.4 Å². The highest BCUT2D eigenvalue weighted by atomic mass is 16.5. The van der Waals surface area contributed by atoms with Crippen LogP contribution in [0.2, 0.25) is 0 Å². The summed E-state index contributed by atoms with van der Waals surface area (Å²) in [6.45, 7) is 0.127. The summed E-state index contributed by atoms with van der Waals surface area (Å²) in [4.78, 5) is 25.6. The molecule has 2 rings (SSSR count). The van der Waals surface area contributed by atoms with Gasteiger partial charge >= 0.3 is 5.63 Å². The number of carbonyl (C=O) groups is 1. The van der Waals surface area contributed by atoms with Crippen molar-refractivity contribution in [2.45, 2.75) is 0 Å². The maximum absolute atomic E-state index is 12.0. The van der Waals surface area contributed by atoms with Gasteiger partial charge in [-0.1, -0.05) is 5.92 Å². The van der Waals surface area contributed by atoms with Gasteiger partial charge in [0.05, 0.1) is 0 Å². The van der Waals surface area contributed by atoms with E-state index < -0.39 is 11.4 Å². The molecular weight excluding hydrogens is 282 g/mol. The Hall–Kier alpha value is -3.00. The molecule has 0 spiro atoms. The van der Waals surface area contributed by atoms with Gasteiger partial charge in [0.1, 0.15) is 23.5 Å². The molecule has 0 aliphatic rings. The summed E-state index contributed by atoms with van der Waals surface area (Å²) in [6, 6.07) is 6.48. The molecule has 0 N–H and O–H groups in total. The molecule has 1 heterocycles. The van der Waals surface area contributed by atoms with Gasteiger partial charge in [0.2, 0.25) is 0 Å². The van der Waals surface area contributed by atoms with Crippen molar-refractivity contribution in [2.75, 3.05) is 20.7 Å². The number of terminal acetylenes is 1. The van der Waals surface area contributed by atoms with E-state index in [1.165, 1.54) is 12.1 Å². The molecular formula is C17H15NO4. The van der Waals surface area contributed by atoms with E-state index in [1.807, 2.05) is 0 Å². The number of nitrogens with zero attached hydrogens (tertiary/aromatic N) is 1. The normalized spacial score (nSPS) is 10.6. The van der Waals surface area contributed by atoms with E-state index in [-0.39, 0.29) is 12.2 Å². The quantitative estimate of drug-likeness (QED) is 0.366. The summed E-state index contributed by atoms with van der Waals surface area (Å²) in [5, 5.41) is 0.634. The van der Waals surface area contributed by atoms with Gasteiger partial charge in [-0.25, -0.2) is 4.79 Å². The van der Waals surface area contributed by atoms with E-state index >= 15 is 0 Å². The summed E-state index contributed by atoms with van der Waals surface area (Å²) in [5.74, 6) is 2.45. The van der Waals surface area contributed by atoms with Crippen LogP contribution in [0.4, 0.5) is 0 Å². The summed E-state index contributed by atoms with van der Waals surface area (Å²) in [6.07, 6.45) is 8.01. The Morgan fingerprint density at radius 1 is 1.41 bits per heavy atom. The van der Waals surface area contributed by atoms with E-state index in [4.69, 9.17) is 15.6 Å². The van der Waals surface area contributed by atoms with Gasteiger partial charge in [-0.3, -0.25) is 4.79 Å². The molecule has 22 heavy (non-hydrogen) atoms. The number of ketones is 1. The van der Waals surface area contributed by atoms with Gasteiger partial charge < -0.3 is 14.1 Å². The van der Waals surface area contributed by atoms with Crippen molar-refractivity contribution in [1.82, 2.24) is 4.90 Å². The molecule has 0 radical (unpaired) electrons. The number of rotatable bonds is 5. The van der Waals surface area contributed by atoms with Crippen molar-refractivity contribution >= 4 is 16.8 Å². The number of allylic oxidation sites excluding steroid dienone is 1. The van der Waals surface area contributed by atoms with Crippen LogP contribution in [0, 0.1) is 12.3 Å². The number of carbonyl (C=O) groups excluding carboxylic acids is 1. The smallest absolute Gasteiger partial charge is 0.347 e. The highest BCUT2D eigenvalue weighted by Gasteiger charge is 2.12. The third kappa shape index (κ3) is 3.55. The van der Waals surface area contributed by atoms with Crippen molar-refractivity contribution in [1.29, 1.82) is 0 Å². The highest BCUT2D eigenvalue weighted by molar-refractivity contribution is 6.05. The van der Waals surface area contributed by atoms with Gasteiger partial charge in [0.25, 0.3) is 0 Å². The van der Waals surface area contributed by atoms with Crippen LogP contribution in [-0.2, 0) is 0 Å². The van der Waals surface area contributed by atoms with Crippen molar-refractivity contribution in [3.05, 3.63) is 52.5 Å². The maximum atomic E-state index is 12.0. The van der Waals surface area contributed by atoms with E-state index in [1.54, 1.807) is 43.4 Å². The van der Waals surface area contributed by atoms with Gasteiger partial charge in [0.15, 0.2) is 5.78 Å². The fraction of sp³-hybridized carbons (Fsp3) is 0.176. The van der Waals surface area contributed by atoms with Gasteiger partial charge in [-0.15, -0.1) is 6.42 Å². The number of hydrogen-bond donors (Lipinski definition) is 0. The Morgan fingerprint density at radius 3 is 2.86 bits per heavy atom. The monoisotopic (exact) mass is 297 g/mol. The van der Waals surface area contributed by atoms with Gasteiger partial charge in [0, 0.05) is 37.8 Å². The first-order valence-electron chi connectivity index (χ1n) is 6.54. The molecule has 0 saturated carbocycles. The minimum absolute atomic E-state index is 0.0112. The number of benzene rings is 1. The Labute approximate surface area is 127 Å². The molecule has 5 nitrogen and oxygen atoms in total. The molecule has 0 amide bonds. The SMILES string of the molecule is C#CCOc1ccc2cc(C(=O)/C=C/N(C)C)c(=O)oc2c1. The molecule has 5 heteroatoms. The minimum atomic E-state index is -0.685. The van der Waals surface area contributed by atoms with E-state index in [0.29, 0.717) is 16.7 Å². The zero-order valence-corrected chi connectivity index (χ0v) is 12.3. The summed E-state index contributed by atoms with van der Waals surface area (Å²) in [5.41, 5.74) is -0.356. The molecule has 2 aromatic rings. The minimum Gasteiger partial charge on any atom is -0.481 e. The second-order valence-electron chi connectivity index (χ2n) is 4.78. The number of hydrogen-bond acceptors (Lipinski definition) is 5. The number of ether oxygens (including phenoxy) is 1. The Morgan fingerprint density at radius 2 is 2.18 bits per heavy atom. The van der Waals surface area contributed by atoms with Crippen LogP contribution in [0.1, 0.15) is 10.4 Å². The predicted octanol–water partition coefficient (Wildman–Crippen LogP) is 2.06. The molecule has 0 bridgehead atoms. The lowest BCUT2D eigenvalue weighted by molar-refractivity contribution is 0.104. The average Bonchev–Trinajstić information content (AvgIpc) is 2.49. The topological polar surface area (TPSA) is 59.8 Å². The third-order valence-corrected chi connectivity index (χ3v) is 2.82. The van der Waals surface area contributed by atoms with Crippen LogP contribution in [0.15, 0.2) is 45.8 Å². The second-order valence-corrected chi connectivity index (χ2v) is 4.78. The molecule has 0 aliphatic heterocycles. The van der Waals surface area contributed by atoms with Crippen LogP contribution in [0.25, 0.3) is 11.0 Å².